The van der Waals surface area contributed by atoms with Crippen molar-refractivity contribution in [2.24, 2.45) is 0 Å². The van der Waals surface area contributed by atoms with Crippen LogP contribution in [0.4, 0.5) is 13.2 Å². The molecule has 0 radical (unpaired) electrons. The van der Waals surface area contributed by atoms with Gasteiger partial charge in [-0.05, 0) is 25.0 Å². The lowest BCUT2D eigenvalue weighted by Gasteiger charge is -2.21. The average Bonchev–Trinajstić information content (AvgIpc) is 2.93. The highest BCUT2D eigenvalue weighted by molar-refractivity contribution is 5.72. The second-order valence-corrected chi connectivity index (χ2v) is 5.07. The van der Waals surface area contributed by atoms with Gasteiger partial charge in [0.05, 0.1) is 12.0 Å². The van der Waals surface area contributed by atoms with E-state index in [-0.39, 0.29) is 30.3 Å². The molecule has 1 aromatic rings. The van der Waals surface area contributed by atoms with Crippen molar-refractivity contribution in [1.29, 1.82) is 0 Å². The number of ether oxygens (including phenoxy) is 2. The lowest BCUT2D eigenvalue weighted by molar-refractivity contribution is -0.141. The van der Waals surface area contributed by atoms with Crippen LogP contribution in [0.1, 0.15) is 30.4 Å². The van der Waals surface area contributed by atoms with E-state index in [9.17, 15) is 18.0 Å². The van der Waals surface area contributed by atoms with E-state index in [1.54, 1.807) is 0 Å². The van der Waals surface area contributed by atoms with E-state index >= 15 is 0 Å². The number of alkyl halides is 3. The molecule has 0 spiro atoms. The second kappa shape index (κ2) is 4.04. The van der Waals surface area contributed by atoms with E-state index in [4.69, 9.17) is 14.6 Å². The van der Waals surface area contributed by atoms with Crippen molar-refractivity contribution in [2.75, 3.05) is 6.79 Å². The van der Waals surface area contributed by atoms with Gasteiger partial charge in [-0.3, -0.25) is 4.79 Å². The Morgan fingerprint density at radius 3 is 2.55 bits per heavy atom. The summed E-state index contributed by atoms with van der Waals surface area (Å²) in [4.78, 5) is 10.9. The number of hydrogen-bond donors (Lipinski definition) is 1. The predicted molar refractivity (Wildman–Crippen MR) is 60.7 cm³/mol. The minimum Gasteiger partial charge on any atom is -0.481 e. The number of benzene rings is 1. The SMILES string of the molecule is O=C(O)CC1(c2c(C(F)(F)F)ccc3c2OCO3)CC1. The predicted octanol–water partition coefficient (Wildman–Crippen LogP) is 2.94. The molecule has 0 saturated heterocycles. The fourth-order valence-corrected chi connectivity index (χ4v) is 2.69. The molecule has 4 nitrogen and oxygen atoms in total. The van der Waals surface area contributed by atoms with Crippen LogP contribution >= 0.6 is 0 Å². The third-order valence-corrected chi connectivity index (χ3v) is 3.72. The van der Waals surface area contributed by atoms with Gasteiger partial charge in [0.25, 0.3) is 0 Å². The van der Waals surface area contributed by atoms with E-state index in [2.05, 4.69) is 0 Å². The van der Waals surface area contributed by atoms with Gasteiger partial charge in [-0.2, -0.15) is 13.2 Å². The minimum absolute atomic E-state index is 0.0403. The zero-order valence-corrected chi connectivity index (χ0v) is 10.3. The number of hydrogen-bond acceptors (Lipinski definition) is 3. The van der Waals surface area contributed by atoms with Gasteiger partial charge in [-0.1, -0.05) is 0 Å². The van der Waals surface area contributed by atoms with Crippen molar-refractivity contribution >= 4 is 5.97 Å². The number of aliphatic carboxylic acids is 1. The maximum Gasteiger partial charge on any atom is 0.416 e. The molecule has 1 aliphatic carbocycles. The lowest BCUT2D eigenvalue weighted by Crippen LogP contribution is -2.20. The summed E-state index contributed by atoms with van der Waals surface area (Å²) in [6.07, 6.45) is -4.08. The molecule has 3 rings (SSSR count). The number of carboxylic acids is 1. The van der Waals surface area contributed by atoms with E-state index < -0.39 is 23.1 Å². The average molecular weight is 288 g/mol. The first-order valence-corrected chi connectivity index (χ1v) is 6.06. The van der Waals surface area contributed by atoms with E-state index in [0.29, 0.717) is 12.8 Å². The summed E-state index contributed by atoms with van der Waals surface area (Å²) < 4.78 is 49.8. The number of rotatable bonds is 3. The summed E-state index contributed by atoms with van der Waals surface area (Å²) in [6, 6.07) is 2.15. The Morgan fingerprint density at radius 1 is 1.30 bits per heavy atom. The maximum atomic E-state index is 13.2. The molecule has 0 aromatic heterocycles. The molecule has 7 heteroatoms. The van der Waals surface area contributed by atoms with E-state index in [1.165, 1.54) is 6.07 Å². The molecule has 20 heavy (non-hydrogen) atoms. The zero-order valence-electron chi connectivity index (χ0n) is 10.3. The third-order valence-electron chi connectivity index (χ3n) is 3.72. The monoisotopic (exact) mass is 288 g/mol. The maximum absolute atomic E-state index is 13.2. The highest BCUT2D eigenvalue weighted by Gasteiger charge is 2.53. The number of carboxylic acid groups (broad SMARTS) is 1. The van der Waals surface area contributed by atoms with Crippen molar-refractivity contribution in [1.82, 2.24) is 0 Å². The van der Waals surface area contributed by atoms with Crippen LogP contribution in [0, 0.1) is 0 Å². The Bertz CT molecular complexity index is 576. The molecule has 0 bridgehead atoms. The molecule has 1 fully saturated rings. The van der Waals surface area contributed by atoms with Crippen LogP contribution in [0.3, 0.4) is 0 Å². The third kappa shape index (κ3) is 1.97. The molecule has 1 aliphatic heterocycles. The van der Waals surface area contributed by atoms with Crippen LogP contribution in [0.15, 0.2) is 12.1 Å². The molecule has 1 N–H and O–H groups in total. The van der Waals surface area contributed by atoms with Crippen LogP contribution in [0.25, 0.3) is 0 Å². The first kappa shape index (κ1) is 13.1. The minimum atomic E-state index is -4.55. The Balaban J connectivity index is 2.17. The Kier molecular flexibility index (Phi) is 2.64. The van der Waals surface area contributed by atoms with Crippen molar-refractivity contribution in [2.45, 2.75) is 30.9 Å². The quantitative estimate of drug-likeness (QED) is 0.929. The summed E-state index contributed by atoms with van der Waals surface area (Å²) in [5.41, 5.74) is -1.89. The highest BCUT2D eigenvalue weighted by Crippen LogP contribution is 2.59. The van der Waals surface area contributed by atoms with Gasteiger partial charge in [-0.25, -0.2) is 0 Å². The smallest absolute Gasteiger partial charge is 0.416 e. The first-order valence-electron chi connectivity index (χ1n) is 6.06. The molecular formula is C13H11F3O4. The molecule has 108 valence electrons. The fraction of sp³-hybridized carbons (Fsp3) is 0.462. The molecule has 2 aliphatic rings. The second-order valence-electron chi connectivity index (χ2n) is 5.07. The summed E-state index contributed by atoms with van der Waals surface area (Å²) >= 11 is 0. The molecule has 1 heterocycles. The van der Waals surface area contributed by atoms with Crippen molar-refractivity contribution in [3.05, 3.63) is 23.3 Å². The largest absolute Gasteiger partial charge is 0.481 e. The van der Waals surface area contributed by atoms with Gasteiger partial charge in [0.2, 0.25) is 6.79 Å². The molecule has 0 unspecified atom stereocenters. The van der Waals surface area contributed by atoms with Crippen LogP contribution in [-0.2, 0) is 16.4 Å². The molecule has 1 aromatic carbocycles. The zero-order chi connectivity index (χ0) is 14.5. The summed E-state index contributed by atoms with van der Waals surface area (Å²) in [6.45, 7) is -0.146. The summed E-state index contributed by atoms with van der Waals surface area (Å²) in [5.74, 6) is -0.838. The topological polar surface area (TPSA) is 55.8 Å². The summed E-state index contributed by atoms with van der Waals surface area (Å²) in [7, 11) is 0. The lowest BCUT2D eigenvalue weighted by atomic mass is 9.87. The van der Waals surface area contributed by atoms with Crippen LogP contribution < -0.4 is 9.47 Å². The van der Waals surface area contributed by atoms with Gasteiger partial charge in [0.15, 0.2) is 11.5 Å². The normalized spacial score (nSPS) is 18.9. The van der Waals surface area contributed by atoms with Crippen LogP contribution in [0.5, 0.6) is 11.5 Å². The van der Waals surface area contributed by atoms with Crippen LogP contribution in [0.2, 0.25) is 0 Å². The Morgan fingerprint density at radius 2 is 2.00 bits per heavy atom. The standard InChI is InChI=1S/C13H11F3O4/c14-13(15,16)7-1-2-8-11(20-6-19-8)10(7)12(3-4-12)5-9(17)18/h1-2H,3-6H2,(H,17,18). The fourth-order valence-electron chi connectivity index (χ4n) is 2.69. The summed E-state index contributed by atoms with van der Waals surface area (Å²) in [5, 5.41) is 8.94. The Hall–Kier alpha value is -1.92. The van der Waals surface area contributed by atoms with Gasteiger partial charge in [0.1, 0.15) is 0 Å². The van der Waals surface area contributed by atoms with Gasteiger partial charge < -0.3 is 14.6 Å². The molecule has 1 saturated carbocycles. The number of halogens is 3. The van der Waals surface area contributed by atoms with Gasteiger partial charge in [0, 0.05) is 11.0 Å². The Labute approximate surface area is 112 Å². The number of fused-ring (bicyclic) bond motifs is 1. The van der Waals surface area contributed by atoms with E-state index in [1.807, 2.05) is 0 Å². The van der Waals surface area contributed by atoms with E-state index in [0.717, 1.165) is 6.07 Å². The molecule has 0 amide bonds. The van der Waals surface area contributed by atoms with Gasteiger partial charge in [-0.15, -0.1) is 0 Å². The highest BCUT2D eigenvalue weighted by atomic mass is 19.4. The van der Waals surface area contributed by atoms with Gasteiger partial charge >= 0.3 is 12.1 Å². The van der Waals surface area contributed by atoms with Crippen LogP contribution in [-0.4, -0.2) is 17.9 Å². The number of carbonyl (C=O) groups is 1. The molecule has 0 atom stereocenters. The first-order chi connectivity index (χ1) is 9.33. The van der Waals surface area contributed by atoms with Crippen molar-refractivity contribution in [3.8, 4) is 11.5 Å². The molecular weight excluding hydrogens is 277 g/mol. The van der Waals surface area contributed by atoms with Crippen molar-refractivity contribution in [3.63, 3.8) is 0 Å². The van der Waals surface area contributed by atoms with Crippen molar-refractivity contribution < 1.29 is 32.5 Å².